The summed E-state index contributed by atoms with van der Waals surface area (Å²) in [5.74, 6) is 1.33. The standard InChI is InChI=1S/C34H43IN2O5/c1-23(38)41-34-14-17-36(31(39)42-32(2,3)4)15-12-33(34)13-16-37(21-24-10-11-24)30(34)19-26-18-28(35)29(20-27(26)33)40-22-25-8-6-5-7-9-25/h5-9,18,20,24,30H,10-17,19,21-22H2,1-4H3. The molecule has 1 amide bonds. The highest BCUT2D eigenvalue weighted by atomic mass is 127. The number of likely N-dealkylation sites (tertiary alicyclic amines) is 2. The van der Waals surface area contributed by atoms with E-state index >= 15 is 0 Å². The van der Waals surface area contributed by atoms with E-state index in [1.807, 2.05) is 43.9 Å². The van der Waals surface area contributed by atoms with Crippen LogP contribution in [0.2, 0.25) is 0 Å². The monoisotopic (exact) mass is 686 g/mol. The number of hydrogen-bond donors (Lipinski definition) is 0. The second-order valence-corrected chi connectivity index (χ2v) is 14.8. The number of ether oxygens (including phenoxy) is 3. The van der Waals surface area contributed by atoms with Gasteiger partial charge in [0.25, 0.3) is 0 Å². The molecule has 7 nitrogen and oxygen atoms in total. The van der Waals surface area contributed by atoms with Gasteiger partial charge < -0.3 is 19.1 Å². The Morgan fingerprint density at radius 1 is 1.02 bits per heavy atom. The first kappa shape index (κ1) is 29.7. The van der Waals surface area contributed by atoms with Gasteiger partial charge in [-0.2, -0.15) is 0 Å². The number of carbonyl (C=O) groups excluding carboxylic acids is 2. The summed E-state index contributed by atoms with van der Waals surface area (Å²) in [6.45, 7) is 10.8. The lowest BCUT2D eigenvalue weighted by Crippen LogP contribution is -2.73. The van der Waals surface area contributed by atoms with Crippen LogP contribution in [0.25, 0.3) is 0 Å². The van der Waals surface area contributed by atoms with Gasteiger partial charge in [-0.25, -0.2) is 4.79 Å². The third-order valence-corrected chi connectivity index (χ3v) is 10.5. The summed E-state index contributed by atoms with van der Waals surface area (Å²) in [5, 5.41) is 0. The molecule has 2 aromatic carbocycles. The Kier molecular flexibility index (Phi) is 8.00. The average Bonchev–Trinajstić information content (AvgIpc) is 3.75. The van der Waals surface area contributed by atoms with Crippen molar-refractivity contribution in [1.82, 2.24) is 9.80 Å². The molecule has 0 aromatic heterocycles. The fourth-order valence-corrected chi connectivity index (χ4v) is 8.37. The SMILES string of the molecule is CC(=O)OC12CCN(C(=O)OC(C)(C)C)CCC13CCN(CC1CC1)C2Cc1cc(I)c(OCc2ccccc2)cc13. The van der Waals surface area contributed by atoms with Crippen molar-refractivity contribution in [2.24, 2.45) is 5.92 Å². The number of fused-ring (bicyclic) bond motifs is 1. The molecule has 2 bridgehead atoms. The summed E-state index contributed by atoms with van der Waals surface area (Å²) in [5.41, 5.74) is 1.91. The number of halogens is 1. The third kappa shape index (κ3) is 5.65. The summed E-state index contributed by atoms with van der Waals surface area (Å²) in [6.07, 6.45) is 5.24. The van der Waals surface area contributed by atoms with Gasteiger partial charge in [0.1, 0.15) is 23.6 Å². The number of amides is 1. The van der Waals surface area contributed by atoms with Gasteiger partial charge in [-0.1, -0.05) is 30.3 Å². The summed E-state index contributed by atoms with van der Waals surface area (Å²) >= 11 is 2.40. The molecule has 0 radical (unpaired) electrons. The van der Waals surface area contributed by atoms with E-state index in [0.29, 0.717) is 32.5 Å². The van der Waals surface area contributed by atoms with Crippen molar-refractivity contribution in [3.05, 3.63) is 62.7 Å². The number of rotatable bonds is 6. The normalized spacial score (nSPS) is 27.4. The van der Waals surface area contributed by atoms with Crippen molar-refractivity contribution in [2.45, 2.75) is 95.5 Å². The lowest BCUT2D eigenvalue weighted by Gasteiger charge is -2.62. The Morgan fingerprint density at radius 3 is 2.43 bits per heavy atom. The van der Waals surface area contributed by atoms with Crippen LogP contribution in [0.4, 0.5) is 4.79 Å². The molecule has 4 aliphatic rings. The zero-order chi connectivity index (χ0) is 29.7. The van der Waals surface area contributed by atoms with Crippen LogP contribution in [0, 0.1) is 9.49 Å². The van der Waals surface area contributed by atoms with Crippen molar-refractivity contribution in [1.29, 1.82) is 0 Å². The van der Waals surface area contributed by atoms with Crippen LogP contribution in [0.3, 0.4) is 0 Å². The van der Waals surface area contributed by atoms with Gasteiger partial charge in [-0.15, -0.1) is 0 Å². The van der Waals surface area contributed by atoms with Crippen LogP contribution in [0.1, 0.15) is 76.5 Å². The Morgan fingerprint density at radius 2 is 1.74 bits per heavy atom. The summed E-state index contributed by atoms with van der Waals surface area (Å²) < 4.78 is 20.0. The molecule has 42 heavy (non-hydrogen) atoms. The molecule has 0 spiro atoms. The first-order chi connectivity index (χ1) is 20.0. The zero-order valence-electron chi connectivity index (χ0n) is 25.3. The van der Waals surface area contributed by atoms with Crippen molar-refractivity contribution in [3.8, 4) is 5.75 Å². The predicted octanol–water partition coefficient (Wildman–Crippen LogP) is 6.48. The number of hydrogen-bond acceptors (Lipinski definition) is 6. The van der Waals surface area contributed by atoms with Crippen LogP contribution in [-0.2, 0) is 32.7 Å². The molecule has 0 N–H and O–H groups in total. The molecular weight excluding hydrogens is 643 g/mol. The topological polar surface area (TPSA) is 68.3 Å². The van der Waals surface area contributed by atoms with Gasteiger partial charge in [0.15, 0.2) is 0 Å². The maximum atomic E-state index is 13.3. The van der Waals surface area contributed by atoms with Crippen molar-refractivity contribution in [3.63, 3.8) is 0 Å². The third-order valence-electron chi connectivity index (χ3n) is 9.67. The van der Waals surface area contributed by atoms with E-state index in [1.165, 1.54) is 30.9 Å². The number of piperidine rings is 1. The van der Waals surface area contributed by atoms with Gasteiger partial charge in [-0.05, 0) is 117 Å². The van der Waals surface area contributed by atoms with Crippen molar-refractivity contribution < 1.29 is 23.8 Å². The minimum Gasteiger partial charge on any atom is -0.488 e. The van der Waals surface area contributed by atoms with Gasteiger partial charge in [0.2, 0.25) is 0 Å². The van der Waals surface area contributed by atoms with Crippen LogP contribution < -0.4 is 4.74 Å². The van der Waals surface area contributed by atoms with E-state index in [-0.39, 0.29) is 18.1 Å². The maximum Gasteiger partial charge on any atom is 0.410 e. The van der Waals surface area contributed by atoms with Crippen LogP contribution >= 0.6 is 22.6 Å². The van der Waals surface area contributed by atoms with Crippen LogP contribution in [-0.4, -0.2) is 65.3 Å². The van der Waals surface area contributed by atoms with E-state index in [9.17, 15) is 9.59 Å². The molecule has 2 heterocycles. The van der Waals surface area contributed by atoms with Crippen molar-refractivity contribution in [2.75, 3.05) is 26.2 Å². The van der Waals surface area contributed by atoms with Crippen molar-refractivity contribution >= 4 is 34.7 Å². The van der Waals surface area contributed by atoms with E-state index < -0.39 is 16.6 Å². The van der Waals surface area contributed by atoms with Gasteiger partial charge in [0.05, 0.1) is 9.61 Å². The minimum absolute atomic E-state index is 0.0636. The largest absolute Gasteiger partial charge is 0.488 e. The maximum absolute atomic E-state index is 13.3. The second-order valence-electron chi connectivity index (χ2n) is 13.7. The molecule has 6 rings (SSSR count). The minimum atomic E-state index is -0.737. The second kappa shape index (κ2) is 11.3. The molecule has 8 heteroatoms. The van der Waals surface area contributed by atoms with Gasteiger partial charge in [-0.3, -0.25) is 9.69 Å². The molecule has 1 saturated carbocycles. The molecule has 2 saturated heterocycles. The highest BCUT2D eigenvalue weighted by Gasteiger charge is 2.66. The molecular formula is C34H43IN2O5. The number of benzene rings is 2. The molecule has 2 aliphatic heterocycles. The molecule has 3 atom stereocenters. The highest BCUT2D eigenvalue weighted by molar-refractivity contribution is 14.1. The fraction of sp³-hybridized carbons (Fsp3) is 0.588. The Balaban J connectivity index is 1.43. The first-order valence-electron chi connectivity index (χ1n) is 15.4. The molecule has 3 fully saturated rings. The lowest BCUT2D eigenvalue weighted by molar-refractivity contribution is -0.196. The Hall–Kier alpha value is -2.33. The molecule has 226 valence electrons. The molecule has 2 aliphatic carbocycles. The van der Waals surface area contributed by atoms with Gasteiger partial charge in [0, 0.05) is 38.4 Å². The van der Waals surface area contributed by atoms with E-state index in [4.69, 9.17) is 14.2 Å². The summed E-state index contributed by atoms with van der Waals surface area (Å²) in [7, 11) is 0. The van der Waals surface area contributed by atoms with E-state index in [0.717, 1.165) is 46.7 Å². The Labute approximate surface area is 263 Å². The number of nitrogens with zero attached hydrogens (tertiary/aromatic N) is 2. The highest BCUT2D eigenvalue weighted by Crippen LogP contribution is 2.59. The first-order valence-corrected chi connectivity index (χ1v) is 16.5. The average molecular weight is 687 g/mol. The lowest BCUT2D eigenvalue weighted by atomic mass is 9.52. The summed E-state index contributed by atoms with van der Waals surface area (Å²) in [4.78, 5) is 30.7. The Bertz CT molecular complexity index is 1340. The van der Waals surface area contributed by atoms with Crippen LogP contribution in [0.5, 0.6) is 5.75 Å². The predicted molar refractivity (Wildman–Crippen MR) is 170 cm³/mol. The molecule has 3 unspecified atom stereocenters. The zero-order valence-corrected chi connectivity index (χ0v) is 27.4. The van der Waals surface area contributed by atoms with E-state index in [1.54, 1.807) is 0 Å². The van der Waals surface area contributed by atoms with Crippen LogP contribution in [0.15, 0.2) is 42.5 Å². The number of carbonyl (C=O) groups is 2. The smallest absolute Gasteiger partial charge is 0.410 e. The fourth-order valence-electron chi connectivity index (χ4n) is 7.68. The molecule has 2 aromatic rings. The van der Waals surface area contributed by atoms with Gasteiger partial charge >= 0.3 is 12.1 Å². The number of esters is 1. The quantitative estimate of drug-likeness (QED) is 0.256. The summed E-state index contributed by atoms with van der Waals surface area (Å²) in [6, 6.07) is 14.8. The van der Waals surface area contributed by atoms with E-state index in [2.05, 4.69) is 51.8 Å².